The highest BCUT2D eigenvalue weighted by Gasteiger charge is 2.58. The number of carbonyl (C=O) groups is 1. The van der Waals surface area contributed by atoms with Crippen LogP contribution in [0.3, 0.4) is 0 Å². The van der Waals surface area contributed by atoms with E-state index in [1.54, 1.807) is 26.0 Å². The van der Waals surface area contributed by atoms with E-state index >= 15 is 0 Å². The van der Waals surface area contributed by atoms with Crippen molar-refractivity contribution in [2.75, 3.05) is 20.5 Å². The fraction of sp³-hybridized carbons (Fsp3) is 0.345. The molecule has 0 radical (unpaired) electrons. The van der Waals surface area contributed by atoms with Gasteiger partial charge in [-0.3, -0.25) is 4.79 Å². The molecule has 3 aromatic rings. The molecule has 176 valence electrons. The molecule has 5 rings (SSSR count). The monoisotopic (exact) mass is 473 g/mol. The summed E-state index contributed by atoms with van der Waals surface area (Å²) in [4.78, 5) is 16.2. The Kier molecular flexibility index (Phi) is 6.07. The van der Waals surface area contributed by atoms with E-state index < -0.39 is 0 Å². The standard InChI is InChI=1S/C29H31NO3S/c1-19(22-13-9-11-20-10-5-6-12-23(20)22)30-26-14-7-8-17-29(26,27(34-4)28(30)31)21-15-16-24(32-2)25(18-21)33-3/h5-6,9-16,18-19,27H,7-8,17H2,1-4H3/t19-,27?,29?/m1/s1. The average Bonchev–Trinajstić information content (AvgIpc) is 3.15. The summed E-state index contributed by atoms with van der Waals surface area (Å²) < 4.78 is 11.1. The zero-order valence-electron chi connectivity index (χ0n) is 20.2. The van der Waals surface area contributed by atoms with E-state index in [0.29, 0.717) is 11.5 Å². The first-order valence-electron chi connectivity index (χ1n) is 11.8. The maximum Gasteiger partial charge on any atom is 0.241 e. The Morgan fingerprint density at radius 1 is 1.03 bits per heavy atom. The molecule has 1 aliphatic carbocycles. The first-order valence-corrected chi connectivity index (χ1v) is 13.1. The molecule has 0 spiro atoms. The fourth-order valence-electron chi connectivity index (χ4n) is 5.98. The second-order valence-electron chi connectivity index (χ2n) is 9.09. The Labute approximate surface area is 205 Å². The molecule has 1 aliphatic heterocycles. The first kappa shape index (κ1) is 22.9. The van der Waals surface area contributed by atoms with Gasteiger partial charge in [0, 0.05) is 5.70 Å². The molecule has 0 aromatic heterocycles. The lowest BCUT2D eigenvalue weighted by molar-refractivity contribution is -0.127. The number of carbonyl (C=O) groups excluding carboxylic acids is 1. The molecular formula is C29H31NO3S. The highest BCUT2D eigenvalue weighted by atomic mass is 32.2. The summed E-state index contributed by atoms with van der Waals surface area (Å²) in [7, 11) is 3.32. The Morgan fingerprint density at radius 2 is 1.79 bits per heavy atom. The molecule has 3 atom stereocenters. The maximum atomic E-state index is 14.1. The quantitative estimate of drug-likeness (QED) is 0.410. The predicted octanol–water partition coefficient (Wildman–Crippen LogP) is 6.50. The van der Waals surface area contributed by atoms with Crippen molar-refractivity contribution >= 4 is 28.4 Å². The molecule has 5 heteroatoms. The van der Waals surface area contributed by atoms with Gasteiger partial charge in [-0.2, -0.15) is 11.8 Å². The van der Waals surface area contributed by atoms with Crippen LogP contribution in [0.15, 0.2) is 72.4 Å². The lowest BCUT2D eigenvalue weighted by Gasteiger charge is -2.39. The molecule has 1 saturated heterocycles. The van der Waals surface area contributed by atoms with E-state index in [9.17, 15) is 4.79 Å². The number of allylic oxidation sites excluding steroid dienone is 2. The molecule has 0 N–H and O–H groups in total. The van der Waals surface area contributed by atoms with Crippen LogP contribution in [0, 0.1) is 0 Å². The Hall–Kier alpha value is -2.92. The highest BCUT2D eigenvalue weighted by molar-refractivity contribution is 8.00. The van der Waals surface area contributed by atoms with E-state index in [1.807, 2.05) is 6.07 Å². The van der Waals surface area contributed by atoms with E-state index in [1.165, 1.54) is 16.3 Å². The van der Waals surface area contributed by atoms with Gasteiger partial charge in [-0.05, 0) is 66.5 Å². The van der Waals surface area contributed by atoms with Crippen LogP contribution in [0.5, 0.6) is 11.5 Å². The van der Waals surface area contributed by atoms with Gasteiger partial charge in [-0.1, -0.05) is 54.6 Å². The number of hydrogen-bond donors (Lipinski definition) is 0. The Morgan fingerprint density at radius 3 is 2.56 bits per heavy atom. The van der Waals surface area contributed by atoms with Crippen LogP contribution in [0.2, 0.25) is 0 Å². The SMILES string of the molecule is COc1ccc(C23CCCC=C2N([C@H](C)c2cccc4ccccc24)C(=O)C3SC)cc1OC. The van der Waals surface area contributed by atoms with Crippen LogP contribution < -0.4 is 9.47 Å². The Balaban J connectivity index is 1.67. The van der Waals surface area contributed by atoms with Crippen molar-refractivity contribution in [3.8, 4) is 11.5 Å². The van der Waals surface area contributed by atoms with E-state index in [2.05, 4.69) is 78.8 Å². The van der Waals surface area contributed by atoms with Crippen molar-refractivity contribution in [2.24, 2.45) is 0 Å². The smallest absolute Gasteiger partial charge is 0.241 e. The van der Waals surface area contributed by atoms with E-state index in [0.717, 1.165) is 30.5 Å². The second-order valence-corrected chi connectivity index (χ2v) is 10.0. The summed E-state index contributed by atoms with van der Waals surface area (Å²) >= 11 is 1.66. The molecule has 1 amide bonds. The molecule has 0 bridgehead atoms. The van der Waals surface area contributed by atoms with Crippen LogP contribution in [-0.2, 0) is 10.2 Å². The summed E-state index contributed by atoms with van der Waals surface area (Å²) in [5, 5.41) is 2.21. The van der Waals surface area contributed by atoms with Gasteiger partial charge in [-0.25, -0.2) is 0 Å². The number of rotatable bonds is 6. The number of nitrogens with zero attached hydrogens (tertiary/aromatic N) is 1. The van der Waals surface area contributed by atoms with E-state index in [-0.39, 0.29) is 22.6 Å². The molecule has 1 fully saturated rings. The molecule has 4 nitrogen and oxygen atoms in total. The van der Waals surface area contributed by atoms with E-state index in [4.69, 9.17) is 9.47 Å². The molecule has 34 heavy (non-hydrogen) atoms. The van der Waals surface area contributed by atoms with Gasteiger partial charge in [0.2, 0.25) is 5.91 Å². The number of benzene rings is 3. The third kappa shape index (κ3) is 3.32. The second kappa shape index (κ2) is 9.03. The lowest BCUT2D eigenvalue weighted by Crippen LogP contribution is -2.38. The number of fused-ring (bicyclic) bond motifs is 2. The number of amides is 1. The minimum atomic E-state index is -0.382. The average molecular weight is 474 g/mol. The molecule has 1 heterocycles. The number of ether oxygens (including phenoxy) is 2. The van der Waals surface area contributed by atoms with Gasteiger partial charge < -0.3 is 14.4 Å². The highest BCUT2D eigenvalue weighted by Crippen LogP contribution is 2.56. The van der Waals surface area contributed by atoms with Crippen LogP contribution in [0.1, 0.15) is 43.4 Å². The van der Waals surface area contributed by atoms with Gasteiger partial charge in [0.1, 0.15) is 0 Å². The maximum absolute atomic E-state index is 14.1. The van der Waals surface area contributed by atoms with Gasteiger partial charge in [0.15, 0.2) is 11.5 Å². The minimum Gasteiger partial charge on any atom is -0.493 e. The molecule has 3 aromatic carbocycles. The zero-order chi connectivity index (χ0) is 23.9. The number of methoxy groups -OCH3 is 2. The summed E-state index contributed by atoms with van der Waals surface area (Å²) in [6, 6.07) is 20.9. The zero-order valence-corrected chi connectivity index (χ0v) is 21.0. The van der Waals surface area contributed by atoms with Crippen molar-refractivity contribution in [2.45, 2.75) is 42.9 Å². The summed E-state index contributed by atoms with van der Waals surface area (Å²) in [5.41, 5.74) is 3.06. The number of likely N-dealkylation sites (tertiary alicyclic amines) is 1. The van der Waals surface area contributed by atoms with Gasteiger partial charge in [0.25, 0.3) is 0 Å². The summed E-state index contributed by atoms with van der Waals surface area (Å²) in [5.74, 6) is 1.60. The van der Waals surface area contributed by atoms with Crippen LogP contribution in [0.4, 0.5) is 0 Å². The normalized spacial score (nSPS) is 22.9. The lowest BCUT2D eigenvalue weighted by atomic mass is 9.70. The third-order valence-electron chi connectivity index (χ3n) is 7.53. The fourth-order valence-corrected chi connectivity index (χ4v) is 7.07. The van der Waals surface area contributed by atoms with Gasteiger partial charge >= 0.3 is 0 Å². The minimum absolute atomic E-state index is 0.0698. The van der Waals surface area contributed by atoms with Crippen molar-refractivity contribution < 1.29 is 14.3 Å². The largest absolute Gasteiger partial charge is 0.493 e. The summed E-state index contributed by atoms with van der Waals surface area (Å²) in [6.07, 6.45) is 7.33. The molecule has 2 aliphatic rings. The molecule has 2 unspecified atom stereocenters. The Bertz CT molecular complexity index is 1260. The van der Waals surface area contributed by atoms with Crippen molar-refractivity contribution in [3.05, 3.63) is 83.6 Å². The van der Waals surface area contributed by atoms with Gasteiger partial charge in [0.05, 0.1) is 30.9 Å². The van der Waals surface area contributed by atoms with Gasteiger partial charge in [-0.15, -0.1) is 0 Å². The summed E-state index contributed by atoms with van der Waals surface area (Å²) in [6.45, 7) is 2.16. The van der Waals surface area contributed by atoms with Crippen LogP contribution >= 0.6 is 11.8 Å². The predicted molar refractivity (Wildman–Crippen MR) is 140 cm³/mol. The topological polar surface area (TPSA) is 38.8 Å². The third-order valence-corrected chi connectivity index (χ3v) is 8.61. The van der Waals surface area contributed by atoms with Crippen molar-refractivity contribution in [1.82, 2.24) is 4.90 Å². The van der Waals surface area contributed by atoms with Crippen molar-refractivity contribution in [3.63, 3.8) is 0 Å². The number of hydrogen-bond acceptors (Lipinski definition) is 4. The first-order chi connectivity index (χ1) is 16.6. The van der Waals surface area contributed by atoms with Crippen LogP contribution in [0.25, 0.3) is 10.8 Å². The molecule has 0 saturated carbocycles. The van der Waals surface area contributed by atoms with Crippen LogP contribution in [-0.4, -0.2) is 36.5 Å². The van der Waals surface area contributed by atoms with Crippen molar-refractivity contribution in [1.29, 1.82) is 0 Å². The number of thioether (sulfide) groups is 1. The molecular weight excluding hydrogens is 442 g/mol.